The van der Waals surface area contributed by atoms with Gasteiger partial charge in [-0.25, -0.2) is 4.98 Å². The van der Waals surface area contributed by atoms with Gasteiger partial charge in [-0.2, -0.15) is 0 Å². The number of pyridine rings is 1. The summed E-state index contributed by atoms with van der Waals surface area (Å²) in [6.45, 7) is 5.37. The fraction of sp³-hybridized carbons (Fsp3) is 0.600. The van der Waals surface area contributed by atoms with E-state index in [1.807, 2.05) is 19.1 Å². The lowest BCUT2D eigenvalue weighted by molar-refractivity contribution is -0.118. The van der Waals surface area contributed by atoms with Gasteiger partial charge in [0, 0.05) is 30.4 Å². The fourth-order valence-corrected chi connectivity index (χ4v) is 6.65. The zero-order chi connectivity index (χ0) is 25.9. The van der Waals surface area contributed by atoms with Crippen LogP contribution in [0.15, 0.2) is 48.7 Å². The van der Waals surface area contributed by atoms with E-state index in [0.29, 0.717) is 25.8 Å². The van der Waals surface area contributed by atoms with Gasteiger partial charge >= 0.3 is 0 Å². The van der Waals surface area contributed by atoms with Crippen LogP contribution >= 0.6 is 0 Å². The Kier molecular flexibility index (Phi) is 7.96. The van der Waals surface area contributed by atoms with Gasteiger partial charge in [0.2, 0.25) is 5.91 Å². The van der Waals surface area contributed by atoms with Crippen LogP contribution in [0.25, 0.3) is 0 Å². The lowest BCUT2D eigenvalue weighted by Gasteiger charge is -2.54. The molecule has 3 fully saturated rings. The van der Waals surface area contributed by atoms with Gasteiger partial charge < -0.3 is 10.1 Å². The number of nitrogens with one attached hydrogen (secondary N) is 1. The van der Waals surface area contributed by atoms with Crippen LogP contribution in [0.1, 0.15) is 56.1 Å². The summed E-state index contributed by atoms with van der Waals surface area (Å²) in [5, 5.41) is 3.01. The number of rotatable bonds is 7. The molecular formula is C30H43N5O2. The SMILES string of the molecule is Cc1cccnc1NC(=O)CN1COCN(CC2CCC2)C2(CCC(c3ccccc3)(N(C)C)CC2)C1. The van der Waals surface area contributed by atoms with E-state index in [2.05, 4.69) is 69.4 Å². The minimum absolute atomic E-state index is 0.0155. The molecule has 1 N–H and O–H groups in total. The number of carbonyl (C=O) groups is 1. The van der Waals surface area contributed by atoms with Crippen molar-refractivity contribution >= 4 is 11.7 Å². The summed E-state index contributed by atoms with van der Waals surface area (Å²) in [6.07, 6.45) is 10.1. The number of nitrogens with zero attached hydrogens (tertiary/aromatic N) is 4. The van der Waals surface area contributed by atoms with Crippen molar-refractivity contribution in [2.45, 2.75) is 62.9 Å². The number of aromatic nitrogens is 1. The summed E-state index contributed by atoms with van der Waals surface area (Å²) in [6, 6.07) is 14.9. The number of benzene rings is 1. The molecule has 1 aromatic heterocycles. The third-order valence-electron chi connectivity index (χ3n) is 9.22. The third-order valence-corrected chi connectivity index (χ3v) is 9.22. The molecule has 200 valence electrons. The van der Waals surface area contributed by atoms with Crippen LogP contribution in [0.2, 0.25) is 0 Å². The summed E-state index contributed by atoms with van der Waals surface area (Å²) >= 11 is 0. The lowest BCUT2D eigenvalue weighted by Crippen LogP contribution is -2.60. The average molecular weight is 506 g/mol. The van der Waals surface area contributed by atoms with Crippen molar-refractivity contribution in [1.29, 1.82) is 0 Å². The largest absolute Gasteiger partial charge is 0.351 e. The van der Waals surface area contributed by atoms with Crippen molar-refractivity contribution in [2.24, 2.45) is 5.92 Å². The van der Waals surface area contributed by atoms with E-state index < -0.39 is 0 Å². The molecule has 0 unspecified atom stereocenters. The van der Waals surface area contributed by atoms with E-state index in [1.165, 1.54) is 24.8 Å². The molecule has 1 aromatic carbocycles. The number of hydrogen-bond donors (Lipinski definition) is 1. The summed E-state index contributed by atoms with van der Waals surface area (Å²) in [5.41, 5.74) is 2.44. The molecular weight excluding hydrogens is 462 g/mol. The Morgan fingerprint density at radius 3 is 2.49 bits per heavy atom. The molecule has 7 nitrogen and oxygen atoms in total. The Bertz CT molecular complexity index is 1050. The third kappa shape index (κ3) is 5.60. The summed E-state index contributed by atoms with van der Waals surface area (Å²) < 4.78 is 6.22. The van der Waals surface area contributed by atoms with Crippen molar-refractivity contribution < 1.29 is 9.53 Å². The highest BCUT2D eigenvalue weighted by Gasteiger charge is 2.49. The Balaban J connectivity index is 1.34. The highest BCUT2D eigenvalue weighted by Crippen LogP contribution is 2.48. The highest BCUT2D eigenvalue weighted by molar-refractivity contribution is 5.91. The molecule has 2 heterocycles. The van der Waals surface area contributed by atoms with Crippen LogP contribution in [0.4, 0.5) is 5.82 Å². The standard InChI is InChI=1S/C30H43N5O2/c1-24-9-8-18-31-28(24)32-27(36)20-34-21-29(35(23-37-22-34)19-25-10-7-11-25)14-16-30(17-15-29,33(2)3)26-12-5-4-6-13-26/h4-6,8-9,12-13,18,25H,7,10-11,14-17,19-23H2,1-3H3,(H,31,32,36). The first-order chi connectivity index (χ1) is 17.9. The number of amides is 1. The van der Waals surface area contributed by atoms with E-state index >= 15 is 0 Å². The molecule has 0 atom stereocenters. The second-order valence-corrected chi connectivity index (χ2v) is 11.7. The maximum atomic E-state index is 13.0. The maximum absolute atomic E-state index is 13.0. The van der Waals surface area contributed by atoms with Crippen molar-refractivity contribution in [2.75, 3.05) is 52.5 Å². The molecule has 1 spiro atoms. The Morgan fingerprint density at radius 1 is 1.08 bits per heavy atom. The van der Waals surface area contributed by atoms with Gasteiger partial charge in [0.1, 0.15) is 19.3 Å². The minimum Gasteiger partial charge on any atom is -0.351 e. The zero-order valence-electron chi connectivity index (χ0n) is 22.8. The number of ether oxygens (including phenoxy) is 1. The number of aryl methyl sites for hydroxylation is 1. The number of hydrogen-bond acceptors (Lipinski definition) is 6. The van der Waals surface area contributed by atoms with Crippen LogP contribution in [0.3, 0.4) is 0 Å². The maximum Gasteiger partial charge on any atom is 0.239 e. The molecule has 1 amide bonds. The van der Waals surface area contributed by atoms with Crippen LogP contribution in [0, 0.1) is 12.8 Å². The van der Waals surface area contributed by atoms with Gasteiger partial charge in [-0.05, 0) is 82.7 Å². The second-order valence-electron chi connectivity index (χ2n) is 11.7. The van der Waals surface area contributed by atoms with Crippen LogP contribution in [-0.2, 0) is 15.1 Å². The minimum atomic E-state index is -0.0317. The fourth-order valence-electron chi connectivity index (χ4n) is 6.65. The van der Waals surface area contributed by atoms with E-state index in [-0.39, 0.29) is 17.0 Å². The van der Waals surface area contributed by atoms with Gasteiger partial charge in [0.15, 0.2) is 0 Å². The van der Waals surface area contributed by atoms with Gasteiger partial charge in [-0.15, -0.1) is 0 Å². The van der Waals surface area contributed by atoms with Crippen molar-refractivity contribution in [3.8, 4) is 0 Å². The number of anilines is 1. The average Bonchev–Trinajstić information content (AvgIpc) is 3.02. The topological polar surface area (TPSA) is 60.9 Å². The molecule has 0 radical (unpaired) electrons. The predicted octanol–water partition coefficient (Wildman–Crippen LogP) is 4.45. The monoisotopic (exact) mass is 505 g/mol. The second kappa shape index (κ2) is 11.2. The summed E-state index contributed by atoms with van der Waals surface area (Å²) in [5.74, 6) is 1.38. The van der Waals surface area contributed by atoms with Gasteiger partial charge in [-0.1, -0.05) is 42.8 Å². The Morgan fingerprint density at radius 2 is 1.84 bits per heavy atom. The molecule has 2 saturated carbocycles. The summed E-state index contributed by atoms with van der Waals surface area (Å²) in [7, 11) is 4.45. The van der Waals surface area contributed by atoms with E-state index in [9.17, 15) is 4.79 Å². The molecule has 2 aromatic rings. The first-order valence-electron chi connectivity index (χ1n) is 13.9. The zero-order valence-corrected chi connectivity index (χ0v) is 22.8. The summed E-state index contributed by atoms with van der Waals surface area (Å²) in [4.78, 5) is 24.7. The quantitative estimate of drug-likeness (QED) is 0.600. The van der Waals surface area contributed by atoms with E-state index in [1.54, 1.807) is 6.20 Å². The lowest BCUT2D eigenvalue weighted by atomic mass is 9.67. The Hall–Kier alpha value is -2.32. The van der Waals surface area contributed by atoms with Crippen LogP contribution in [-0.4, -0.2) is 78.3 Å². The van der Waals surface area contributed by atoms with Gasteiger partial charge in [0.05, 0.1) is 6.54 Å². The van der Waals surface area contributed by atoms with E-state index in [4.69, 9.17) is 4.74 Å². The Labute approximate surface area is 222 Å². The van der Waals surface area contributed by atoms with Gasteiger partial charge in [-0.3, -0.25) is 19.5 Å². The van der Waals surface area contributed by atoms with Crippen molar-refractivity contribution in [1.82, 2.24) is 19.7 Å². The first kappa shape index (κ1) is 26.3. The molecule has 1 saturated heterocycles. The van der Waals surface area contributed by atoms with E-state index in [0.717, 1.165) is 50.3 Å². The van der Waals surface area contributed by atoms with Crippen LogP contribution in [0.5, 0.6) is 0 Å². The highest BCUT2D eigenvalue weighted by atomic mass is 16.5. The van der Waals surface area contributed by atoms with Crippen LogP contribution < -0.4 is 5.32 Å². The molecule has 3 aliphatic rings. The first-order valence-corrected chi connectivity index (χ1v) is 13.9. The molecule has 2 aliphatic carbocycles. The predicted molar refractivity (Wildman–Crippen MR) is 147 cm³/mol. The molecule has 1 aliphatic heterocycles. The molecule has 0 bridgehead atoms. The van der Waals surface area contributed by atoms with Gasteiger partial charge in [0.25, 0.3) is 0 Å². The number of carbonyl (C=O) groups excluding carboxylic acids is 1. The molecule has 5 rings (SSSR count). The smallest absolute Gasteiger partial charge is 0.239 e. The molecule has 7 heteroatoms. The normalized spacial score (nSPS) is 27.7. The van der Waals surface area contributed by atoms with Crippen molar-refractivity contribution in [3.05, 3.63) is 59.8 Å². The van der Waals surface area contributed by atoms with Crippen molar-refractivity contribution in [3.63, 3.8) is 0 Å². The molecule has 37 heavy (non-hydrogen) atoms.